The molecule has 126 valence electrons. The Bertz CT molecular complexity index is 545. The fraction of sp³-hybridized carbons (Fsp3) is 0.529. The number of para-hydroxylation sites is 2. The molecule has 2 rings (SSSR count). The number of carbonyl (C=O) groups excluding carboxylic acids is 1. The SMILES string of the molecule is CCCN=C(NCC)NCCCN1C(=O)COc2ccccc21. The van der Waals surface area contributed by atoms with Crippen LogP contribution >= 0.6 is 0 Å². The second-order valence-electron chi connectivity index (χ2n) is 5.34. The summed E-state index contributed by atoms with van der Waals surface area (Å²) in [5.74, 6) is 1.62. The summed E-state index contributed by atoms with van der Waals surface area (Å²) in [7, 11) is 0. The van der Waals surface area contributed by atoms with Crippen LogP contribution in [0.2, 0.25) is 0 Å². The van der Waals surface area contributed by atoms with E-state index in [0.29, 0.717) is 6.54 Å². The van der Waals surface area contributed by atoms with Crippen molar-refractivity contribution in [3.05, 3.63) is 24.3 Å². The highest BCUT2D eigenvalue weighted by molar-refractivity contribution is 5.97. The van der Waals surface area contributed by atoms with Crippen LogP contribution in [0, 0.1) is 0 Å². The van der Waals surface area contributed by atoms with E-state index >= 15 is 0 Å². The molecule has 6 nitrogen and oxygen atoms in total. The third-order valence-corrected chi connectivity index (χ3v) is 3.50. The molecule has 0 radical (unpaired) electrons. The minimum Gasteiger partial charge on any atom is -0.482 e. The van der Waals surface area contributed by atoms with Crippen LogP contribution in [0.3, 0.4) is 0 Å². The number of nitrogens with one attached hydrogen (secondary N) is 2. The molecule has 0 saturated heterocycles. The summed E-state index contributed by atoms with van der Waals surface area (Å²) in [6, 6.07) is 7.66. The first kappa shape index (κ1) is 17.1. The van der Waals surface area contributed by atoms with Gasteiger partial charge in [-0.05, 0) is 31.9 Å². The summed E-state index contributed by atoms with van der Waals surface area (Å²) in [6.07, 6.45) is 1.87. The van der Waals surface area contributed by atoms with Gasteiger partial charge in [-0.3, -0.25) is 9.79 Å². The Morgan fingerprint density at radius 2 is 2.13 bits per heavy atom. The molecule has 1 aliphatic rings. The fourth-order valence-electron chi connectivity index (χ4n) is 2.41. The number of ether oxygens (including phenoxy) is 1. The van der Waals surface area contributed by atoms with Gasteiger partial charge in [0.25, 0.3) is 5.91 Å². The van der Waals surface area contributed by atoms with E-state index in [9.17, 15) is 4.79 Å². The summed E-state index contributed by atoms with van der Waals surface area (Å²) >= 11 is 0. The normalized spacial score (nSPS) is 14.3. The van der Waals surface area contributed by atoms with Crippen molar-refractivity contribution in [1.29, 1.82) is 0 Å². The van der Waals surface area contributed by atoms with Crippen LogP contribution in [-0.2, 0) is 4.79 Å². The maximum atomic E-state index is 12.1. The lowest BCUT2D eigenvalue weighted by molar-refractivity contribution is -0.121. The Hall–Kier alpha value is -2.24. The highest BCUT2D eigenvalue weighted by Crippen LogP contribution is 2.31. The summed E-state index contributed by atoms with van der Waals surface area (Å²) < 4.78 is 5.45. The lowest BCUT2D eigenvalue weighted by Crippen LogP contribution is -2.42. The second-order valence-corrected chi connectivity index (χ2v) is 5.34. The van der Waals surface area contributed by atoms with E-state index in [1.807, 2.05) is 31.2 Å². The molecular weight excluding hydrogens is 292 g/mol. The van der Waals surface area contributed by atoms with Crippen LogP contribution in [0.1, 0.15) is 26.7 Å². The topological polar surface area (TPSA) is 66.0 Å². The molecule has 0 fully saturated rings. The average molecular weight is 318 g/mol. The van der Waals surface area contributed by atoms with Gasteiger partial charge in [0.1, 0.15) is 5.75 Å². The van der Waals surface area contributed by atoms with Crippen LogP contribution in [0.25, 0.3) is 0 Å². The Morgan fingerprint density at radius 3 is 2.91 bits per heavy atom. The molecule has 1 heterocycles. The third kappa shape index (κ3) is 4.87. The van der Waals surface area contributed by atoms with Crippen LogP contribution < -0.4 is 20.3 Å². The smallest absolute Gasteiger partial charge is 0.265 e. The number of benzene rings is 1. The highest BCUT2D eigenvalue weighted by atomic mass is 16.5. The van der Waals surface area contributed by atoms with E-state index in [-0.39, 0.29) is 12.5 Å². The van der Waals surface area contributed by atoms with Gasteiger partial charge >= 0.3 is 0 Å². The molecule has 0 saturated carbocycles. The molecule has 0 spiro atoms. The van der Waals surface area contributed by atoms with Crippen LogP contribution in [-0.4, -0.2) is 44.7 Å². The molecule has 23 heavy (non-hydrogen) atoms. The van der Waals surface area contributed by atoms with Crippen molar-refractivity contribution < 1.29 is 9.53 Å². The maximum Gasteiger partial charge on any atom is 0.265 e. The number of rotatable bonds is 7. The molecule has 0 aliphatic carbocycles. The highest BCUT2D eigenvalue weighted by Gasteiger charge is 2.24. The van der Waals surface area contributed by atoms with E-state index in [0.717, 1.165) is 49.9 Å². The lowest BCUT2D eigenvalue weighted by atomic mass is 10.2. The van der Waals surface area contributed by atoms with Crippen molar-refractivity contribution in [3.63, 3.8) is 0 Å². The number of aliphatic imine (C=N–C) groups is 1. The number of nitrogens with zero attached hydrogens (tertiary/aromatic N) is 2. The number of amides is 1. The quantitative estimate of drug-likeness (QED) is 0.457. The van der Waals surface area contributed by atoms with E-state index < -0.39 is 0 Å². The second kappa shape index (κ2) is 9.02. The van der Waals surface area contributed by atoms with Gasteiger partial charge in [-0.2, -0.15) is 0 Å². The van der Waals surface area contributed by atoms with Gasteiger partial charge in [0.15, 0.2) is 12.6 Å². The van der Waals surface area contributed by atoms with Crippen LogP contribution in [0.5, 0.6) is 5.75 Å². The van der Waals surface area contributed by atoms with Gasteiger partial charge in [0, 0.05) is 26.2 Å². The Labute approximate surface area is 137 Å². The van der Waals surface area contributed by atoms with Gasteiger partial charge in [-0.1, -0.05) is 19.1 Å². The predicted molar refractivity (Wildman–Crippen MR) is 93.2 cm³/mol. The first-order chi connectivity index (χ1) is 11.3. The van der Waals surface area contributed by atoms with Gasteiger partial charge in [-0.15, -0.1) is 0 Å². The molecule has 2 N–H and O–H groups in total. The van der Waals surface area contributed by atoms with Gasteiger partial charge in [0.05, 0.1) is 5.69 Å². The molecule has 1 aromatic carbocycles. The lowest BCUT2D eigenvalue weighted by Gasteiger charge is -2.29. The molecule has 6 heteroatoms. The zero-order chi connectivity index (χ0) is 16.5. The summed E-state index contributed by atoms with van der Waals surface area (Å²) in [6.45, 7) is 7.35. The first-order valence-electron chi connectivity index (χ1n) is 8.30. The van der Waals surface area contributed by atoms with E-state index in [4.69, 9.17) is 4.74 Å². The zero-order valence-electron chi connectivity index (χ0n) is 14.0. The third-order valence-electron chi connectivity index (χ3n) is 3.50. The molecule has 1 amide bonds. The fourth-order valence-corrected chi connectivity index (χ4v) is 2.41. The molecule has 0 bridgehead atoms. The Morgan fingerprint density at radius 1 is 1.30 bits per heavy atom. The first-order valence-corrected chi connectivity index (χ1v) is 8.30. The van der Waals surface area contributed by atoms with E-state index in [1.54, 1.807) is 4.90 Å². The van der Waals surface area contributed by atoms with Gasteiger partial charge in [0.2, 0.25) is 0 Å². The molecule has 0 unspecified atom stereocenters. The van der Waals surface area contributed by atoms with Crippen molar-refractivity contribution in [2.24, 2.45) is 4.99 Å². The predicted octanol–water partition coefficient (Wildman–Crippen LogP) is 1.77. The number of hydrogen-bond donors (Lipinski definition) is 2. The van der Waals surface area contributed by atoms with E-state index in [2.05, 4.69) is 22.5 Å². The van der Waals surface area contributed by atoms with Crippen LogP contribution in [0.4, 0.5) is 5.69 Å². The number of hydrogen-bond acceptors (Lipinski definition) is 3. The maximum absolute atomic E-state index is 12.1. The molecule has 1 aromatic rings. The minimum atomic E-state index is 0.00950. The standard InChI is InChI=1S/C17H26N4O2/c1-3-10-19-17(18-4-2)20-11-7-12-21-14-8-5-6-9-15(14)23-13-16(21)22/h5-6,8-9H,3-4,7,10-13H2,1-2H3,(H2,18,19,20). The van der Waals surface area contributed by atoms with Crippen LogP contribution in [0.15, 0.2) is 29.3 Å². The number of guanidine groups is 1. The Balaban J connectivity index is 1.85. The molecule has 1 aliphatic heterocycles. The molecule has 0 aromatic heterocycles. The number of anilines is 1. The minimum absolute atomic E-state index is 0.00950. The van der Waals surface area contributed by atoms with Gasteiger partial charge < -0.3 is 20.3 Å². The van der Waals surface area contributed by atoms with Gasteiger partial charge in [-0.25, -0.2) is 0 Å². The summed E-state index contributed by atoms with van der Waals surface area (Å²) in [4.78, 5) is 18.3. The molecular formula is C17H26N4O2. The van der Waals surface area contributed by atoms with Crippen molar-refractivity contribution >= 4 is 17.6 Å². The summed E-state index contributed by atoms with van der Waals surface area (Å²) in [5.41, 5.74) is 0.857. The van der Waals surface area contributed by atoms with Crippen molar-refractivity contribution in [2.45, 2.75) is 26.7 Å². The molecule has 0 atom stereocenters. The average Bonchev–Trinajstić information content (AvgIpc) is 2.58. The summed E-state index contributed by atoms with van der Waals surface area (Å²) in [5, 5.41) is 6.52. The largest absolute Gasteiger partial charge is 0.482 e. The van der Waals surface area contributed by atoms with Crippen molar-refractivity contribution in [1.82, 2.24) is 10.6 Å². The monoisotopic (exact) mass is 318 g/mol. The van der Waals surface area contributed by atoms with E-state index in [1.165, 1.54) is 0 Å². The Kier molecular flexibility index (Phi) is 6.72. The van der Waals surface area contributed by atoms with Crippen molar-refractivity contribution in [3.8, 4) is 5.75 Å². The number of carbonyl (C=O) groups is 1. The zero-order valence-corrected chi connectivity index (χ0v) is 14.0. The van der Waals surface area contributed by atoms with Crippen molar-refractivity contribution in [2.75, 3.05) is 37.7 Å². The number of fused-ring (bicyclic) bond motifs is 1.